The van der Waals surface area contributed by atoms with E-state index in [9.17, 15) is 4.79 Å². The number of carbonyl (C=O) groups is 1. The number of rotatable bonds is 6. The van der Waals surface area contributed by atoms with Crippen LogP contribution in [0.25, 0.3) is 11.4 Å². The van der Waals surface area contributed by atoms with Crippen molar-refractivity contribution in [2.45, 2.75) is 32.0 Å². The third-order valence-corrected chi connectivity index (χ3v) is 4.85. The molecular weight excluding hydrogens is 364 g/mol. The molecule has 1 heterocycles. The summed E-state index contributed by atoms with van der Waals surface area (Å²) in [7, 11) is 0. The molecule has 0 spiro atoms. The van der Waals surface area contributed by atoms with E-state index in [-0.39, 0.29) is 11.9 Å². The van der Waals surface area contributed by atoms with E-state index in [2.05, 4.69) is 50.3 Å². The minimum absolute atomic E-state index is 0.00144. The number of aromatic nitrogens is 3. The molecule has 2 N–H and O–H groups in total. The summed E-state index contributed by atoms with van der Waals surface area (Å²) in [5.74, 6) is 1.41. The van der Waals surface area contributed by atoms with Gasteiger partial charge in [-0.25, -0.2) is 4.98 Å². The Balaban J connectivity index is 1.93. The smallest absolute Gasteiger partial charge is 0.230 e. The summed E-state index contributed by atoms with van der Waals surface area (Å²) in [4.78, 5) is 16.3. The van der Waals surface area contributed by atoms with Gasteiger partial charge < -0.3 is 5.32 Å². The van der Waals surface area contributed by atoms with Gasteiger partial charge in [0.15, 0.2) is 5.82 Å². The summed E-state index contributed by atoms with van der Waals surface area (Å²) in [6.07, 6.45) is 0. The van der Waals surface area contributed by atoms with Crippen LogP contribution in [-0.4, -0.2) is 32.9 Å². The molecule has 1 atom stereocenters. The standard InChI is InChI=1S/C15H19BrN4OS/c1-9(2)10(3)17-13(21)8-22-15-18-14(19-20-15)11-6-4-5-7-12(11)16/h4-7,9-10H,8H2,1-3H3,(H,17,21)(H,18,19,20)/t10-/m1/s1. The normalized spacial score (nSPS) is 12.4. The van der Waals surface area contributed by atoms with Crippen molar-refractivity contribution < 1.29 is 4.79 Å². The van der Waals surface area contributed by atoms with Crippen LogP contribution in [0.3, 0.4) is 0 Å². The Morgan fingerprint density at radius 1 is 1.36 bits per heavy atom. The van der Waals surface area contributed by atoms with Gasteiger partial charge in [0.1, 0.15) is 0 Å². The predicted molar refractivity (Wildman–Crippen MR) is 92.7 cm³/mol. The first kappa shape index (κ1) is 17.0. The van der Waals surface area contributed by atoms with Gasteiger partial charge in [-0.2, -0.15) is 0 Å². The minimum Gasteiger partial charge on any atom is -0.353 e. The van der Waals surface area contributed by atoms with Crippen molar-refractivity contribution in [2.75, 3.05) is 5.75 Å². The molecule has 0 aliphatic carbocycles. The molecular formula is C15H19BrN4OS. The molecule has 1 aromatic carbocycles. The van der Waals surface area contributed by atoms with Crippen molar-refractivity contribution in [3.8, 4) is 11.4 Å². The first-order valence-electron chi connectivity index (χ1n) is 7.07. The van der Waals surface area contributed by atoms with Crippen LogP contribution in [0.4, 0.5) is 0 Å². The van der Waals surface area contributed by atoms with Gasteiger partial charge in [-0.1, -0.05) is 59.7 Å². The summed E-state index contributed by atoms with van der Waals surface area (Å²) in [5, 5.41) is 10.6. The number of aromatic amines is 1. The summed E-state index contributed by atoms with van der Waals surface area (Å²) in [6, 6.07) is 7.95. The lowest BCUT2D eigenvalue weighted by Crippen LogP contribution is -2.37. The molecule has 0 aliphatic rings. The number of carbonyl (C=O) groups excluding carboxylic acids is 1. The Hall–Kier alpha value is -1.34. The first-order chi connectivity index (χ1) is 10.5. The molecule has 0 aliphatic heterocycles. The fourth-order valence-corrected chi connectivity index (χ4v) is 2.76. The molecule has 2 aromatic rings. The Labute approximate surface area is 142 Å². The van der Waals surface area contributed by atoms with Crippen LogP contribution in [0.5, 0.6) is 0 Å². The van der Waals surface area contributed by atoms with Crippen molar-refractivity contribution in [3.05, 3.63) is 28.7 Å². The molecule has 2 rings (SSSR count). The van der Waals surface area contributed by atoms with Crippen LogP contribution in [0.15, 0.2) is 33.9 Å². The van der Waals surface area contributed by atoms with Crippen LogP contribution in [-0.2, 0) is 4.79 Å². The first-order valence-corrected chi connectivity index (χ1v) is 8.84. The molecule has 5 nitrogen and oxygen atoms in total. The van der Waals surface area contributed by atoms with Gasteiger partial charge in [0, 0.05) is 16.1 Å². The van der Waals surface area contributed by atoms with Gasteiger partial charge in [-0.15, -0.1) is 5.10 Å². The SMILES string of the molecule is CC(C)[C@@H](C)NC(=O)CSc1n[nH]c(-c2ccccc2Br)n1. The second-order valence-electron chi connectivity index (χ2n) is 5.34. The third-order valence-electron chi connectivity index (χ3n) is 3.31. The highest BCUT2D eigenvalue weighted by atomic mass is 79.9. The lowest BCUT2D eigenvalue weighted by atomic mass is 10.1. The number of H-pyrrole nitrogens is 1. The number of benzene rings is 1. The number of hydrogen-bond acceptors (Lipinski definition) is 4. The second kappa shape index (κ2) is 7.78. The summed E-state index contributed by atoms with van der Waals surface area (Å²) >= 11 is 4.81. The van der Waals surface area contributed by atoms with Gasteiger partial charge in [0.25, 0.3) is 0 Å². The van der Waals surface area contributed by atoms with Crippen molar-refractivity contribution in [2.24, 2.45) is 5.92 Å². The maximum absolute atomic E-state index is 11.9. The zero-order chi connectivity index (χ0) is 16.1. The Morgan fingerprint density at radius 3 is 2.77 bits per heavy atom. The van der Waals surface area contributed by atoms with E-state index in [1.807, 2.05) is 31.2 Å². The highest BCUT2D eigenvalue weighted by molar-refractivity contribution is 9.10. The summed E-state index contributed by atoms with van der Waals surface area (Å²) in [5.41, 5.74) is 0.944. The van der Waals surface area contributed by atoms with Gasteiger partial charge in [0.05, 0.1) is 5.75 Å². The Kier molecular flexibility index (Phi) is 6.02. The number of nitrogens with zero attached hydrogens (tertiary/aromatic N) is 2. The number of hydrogen-bond donors (Lipinski definition) is 2. The van der Waals surface area contributed by atoms with Gasteiger partial charge >= 0.3 is 0 Å². The van der Waals surface area contributed by atoms with Gasteiger partial charge in [-0.3, -0.25) is 9.89 Å². The van der Waals surface area contributed by atoms with E-state index in [0.717, 1.165) is 10.0 Å². The maximum atomic E-state index is 11.9. The largest absolute Gasteiger partial charge is 0.353 e. The quantitative estimate of drug-likeness (QED) is 0.750. The molecule has 1 aromatic heterocycles. The van der Waals surface area contributed by atoms with Crippen LogP contribution < -0.4 is 5.32 Å². The molecule has 0 saturated heterocycles. The number of thioether (sulfide) groups is 1. The summed E-state index contributed by atoms with van der Waals surface area (Å²) < 4.78 is 0.950. The zero-order valence-electron chi connectivity index (χ0n) is 12.8. The van der Waals surface area contributed by atoms with Crippen LogP contribution in [0.2, 0.25) is 0 Å². The predicted octanol–water partition coefficient (Wildman–Crippen LogP) is 3.49. The zero-order valence-corrected chi connectivity index (χ0v) is 15.2. The van der Waals surface area contributed by atoms with Crippen LogP contribution >= 0.6 is 27.7 Å². The monoisotopic (exact) mass is 382 g/mol. The van der Waals surface area contributed by atoms with E-state index in [4.69, 9.17) is 0 Å². The molecule has 0 unspecified atom stereocenters. The van der Waals surface area contributed by atoms with Crippen molar-refractivity contribution in [1.82, 2.24) is 20.5 Å². The van der Waals surface area contributed by atoms with E-state index >= 15 is 0 Å². The van der Waals surface area contributed by atoms with E-state index in [1.54, 1.807) is 0 Å². The van der Waals surface area contributed by atoms with E-state index in [0.29, 0.717) is 22.7 Å². The minimum atomic E-state index is -0.00144. The maximum Gasteiger partial charge on any atom is 0.230 e. The van der Waals surface area contributed by atoms with Crippen LogP contribution in [0, 0.1) is 5.92 Å². The number of amides is 1. The molecule has 22 heavy (non-hydrogen) atoms. The second-order valence-corrected chi connectivity index (χ2v) is 7.13. The van der Waals surface area contributed by atoms with Crippen molar-refractivity contribution >= 4 is 33.6 Å². The van der Waals surface area contributed by atoms with Crippen molar-refractivity contribution in [3.63, 3.8) is 0 Å². The Morgan fingerprint density at radius 2 is 2.09 bits per heavy atom. The highest BCUT2D eigenvalue weighted by Crippen LogP contribution is 2.26. The molecule has 1 amide bonds. The molecule has 0 saturated carbocycles. The van der Waals surface area contributed by atoms with Gasteiger partial charge in [0.2, 0.25) is 11.1 Å². The van der Waals surface area contributed by atoms with Crippen molar-refractivity contribution in [1.29, 1.82) is 0 Å². The molecule has 0 radical (unpaired) electrons. The lowest BCUT2D eigenvalue weighted by Gasteiger charge is -2.16. The molecule has 0 fully saturated rings. The van der Waals surface area contributed by atoms with E-state index < -0.39 is 0 Å². The third kappa shape index (κ3) is 4.58. The fourth-order valence-electron chi connectivity index (χ4n) is 1.68. The average Bonchev–Trinajstić information content (AvgIpc) is 2.94. The Bertz CT molecular complexity index is 644. The van der Waals surface area contributed by atoms with Crippen LogP contribution in [0.1, 0.15) is 20.8 Å². The lowest BCUT2D eigenvalue weighted by molar-refractivity contribution is -0.119. The molecule has 0 bridgehead atoms. The highest BCUT2D eigenvalue weighted by Gasteiger charge is 2.13. The fraction of sp³-hybridized carbons (Fsp3) is 0.400. The average molecular weight is 383 g/mol. The number of halogens is 1. The molecule has 7 heteroatoms. The molecule has 118 valence electrons. The van der Waals surface area contributed by atoms with Gasteiger partial charge in [-0.05, 0) is 18.9 Å². The topological polar surface area (TPSA) is 70.7 Å². The van der Waals surface area contributed by atoms with E-state index in [1.165, 1.54) is 11.8 Å². The summed E-state index contributed by atoms with van der Waals surface area (Å²) in [6.45, 7) is 6.17. The number of nitrogens with one attached hydrogen (secondary N) is 2.